The van der Waals surface area contributed by atoms with E-state index in [0.717, 1.165) is 36.7 Å². The zero-order valence-corrected chi connectivity index (χ0v) is 20.3. The number of hydrogen-bond donors (Lipinski definition) is 2. The number of hydrogen-bond acceptors (Lipinski definition) is 2. The van der Waals surface area contributed by atoms with Gasteiger partial charge in [-0.05, 0) is 42.5 Å². The number of benzene rings is 2. The predicted octanol–water partition coefficient (Wildman–Crippen LogP) is 4.39. The lowest BCUT2D eigenvalue weighted by atomic mass is 9.95. The lowest BCUT2D eigenvalue weighted by molar-refractivity contribution is 0.559. The molecule has 3 aromatic rings. The zero-order chi connectivity index (χ0) is 21.0. The van der Waals surface area contributed by atoms with E-state index in [2.05, 4.69) is 49.4 Å². The van der Waals surface area contributed by atoms with Gasteiger partial charge in [-0.25, -0.2) is 9.37 Å². The molecular weight excluding hydrogens is 504 g/mol. The van der Waals surface area contributed by atoms with Crippen LogP contribution in [0, 0.1) is 12.7 Å². The molecule has 0 atom stereocenters. The fraction of sp³-hybridized carbons (Fsp3) is 0.333. The molecule has 0 amide bonds. The third-order valence-electron chi connectivity index (χ3n) is 5.84. The third-order valence-corrected chi connectivity index (χ3v) is 5.84. The standard InChI is InChI=1S/C24H28FN5.HI/c1-18-27-12-13-30(18)16-20-7-5-6-19(14-20)15-28-23(26-2)29-17-24(10-11-24)21-8-3-4-9-22(21)25;/h3-9,12-14H,10-11,15-17H2,1-2H3,(H2,26,28,29);1H. The Morgan fingerprint density at radius 3 is 2.58 bits per heavy atom. The highest BCUT2D eigenvalue weighted by Crippen LogP contribution is 2.48. The molecule has 1 aliphatic carbocycles. The smallest absolute Gasteiger partial charge is 0.191 e. The van der Waals surface area contributed by atoms with Gasteiger partial charge in [0.25, 0.3) is 0 Å². The molecular formula is C24H29FIN5. The van der Waals surface area contributed by atoms with Crippen LogP contribution in [0.1, 0.15) is 35.4 Å². The number of nitrogens with one attached hydrogen (secondary N) is 2. The third kappa shape index (κ3) is 5.64. The molecule has 4 rings (SSSR count). The Morgan fingerprint density at radius 1 is 1.13 bits per heavy atom. The van der Waals surface area contributed by atoms with E-state index in [-0.39, 0.29) is 35.2 Å². The maximum atomic E-state index is 14.2. The lowest BCUT2D eigenvalue weighted by Gasteiger charge is -2.19. The highest BCUT2D eigenvalue weighted by atomic mass is 127. The van der Waals surface area contributed by atoms with Crippen LogP contribution in [0.2, 0.25) is 0 Å². The predicted molar refractivity (Wildman–Crippen MR) is 133 cm³/mol. The van der Waals surface area contributed by atoms with Crippen LogP contribution in [-0.2, 0) is 18.5 Å². The largest absolute Gasteiger partial charge is 0.356 e. The molecule has 2 aromatic carbocycles. The SMILES string of the molecule is CN=C(NCc1cccc(Cn2ccnc2C)c1)NCC1(c2ccccc2F)CC1.I. The summed E-state index contributed by atoms with van der Waals surface area (Å²) in [5, 5.41) is 6.76. The quantitative estimate of drug-likeness (QED) is 0.269. The Bertz CT molecular complexity index is 1040. The van der Waals surface area contributed by atoms with Crippen LogP contribution in [0.4, 0.5) is 4.39 Å². The Kier molecular flexibility index (Phi) is 7.69. The minimum atomic E-state index is -0.121. The van der Waals surface area contributed by atoms with Crippen LogP contribution in [0.15, 0.2) is 65.9 Å². The summed E-state index contributed by atoms with van der Waals surface area (Å²) in [6.45, 7) is 4.16. The van der Waals surface area contributed by atoms with E-state index >= 15 is 0 Å². The normalized spacial score (nSPS) is 14.6. The molecule has 1 fully saturated rings. The van der Waals surface area contributed by atoms with Gasteiger partial charge in [0.05, 0.1) is 0 Å². The molecule has 7 heteroatoms. The summed E-state index contributed by atoms with van der Waals surface area (Å²) < 4.78 is 16.3. The number of imidazole rings is 1. The Balaban J connectivity index is 0.00000272. The van der Waals surface area contributed by atoms with Gasteiger partial charge in [0.15, 0.2) is 5.96 Å². The zero-order valence-electron chi connectivity index (χ0n) is 17.9. The van der Waals surface area contributed by atoms with Gasteiger partial charge < -0.3 is 15.2 Å². The molecule has 0 spiro atoms. The molecule has 0 radical (unpaired) electrons. The van der Waals surface area contributed by atoms with E-state index < -0.39 is 0 Å². The summed E-state index contributed by atoms with van der Waals surface area (Å²) in [7, 11) is 1.76. The first-order valence-electron chi connectivity index (χ1n) is 10.3. The molecule has 5 nitrogen and oxygen atoms in total. The Hall–Kier alpha value is -2.42. The van der Waals surface area contributed by atoms with Gasteiger partial charge in [0, 0.05) is 44.5 Å². The first-order valence-corrected chi connectivity index (χ1v) is 10.3. The van der Waals surface area contributed by atoms with E-state index in [1.807, 2.05) is 31.5 Å². The fourth-order valence-corrected chi connectivity index (χ4v) is 3.85. The number of aromatic nitrogens is 2. The Labute approximate surface area is 200 Å². The number of nitrogens with zero attached hydrogens (tertiary/aromatic N) is 3. The van der Waals surface area contributed by atoms with E-state index in [4.69, 9.17) is 0 Å². The van der Waals surface area contributed by atoms with Crippen LogP contribution in [0.3, 0.4) is 0 Å². The van der Waals surface area contributed by atoms with Crippen LogP contribution in [-0.4, -0.2) is 29.1 Å². The van der Waals surface area contributed by atoms with Crippen LogP contribution in [0.25, 0.3) is 0 Å². The molecule has 2 N–H and O–H groups in total. The van der Waals surface area contributed by atoms with E-state index in [9.17, 15) is 4.39 Å². The van der Waals surface area contributed by atoms with E-state index in [0.29, 0.717) is 13.1 Å². The van der Waals surface area contributed by atoms with Crippen molar-refractivity contribution in [2.75, 3.05) is 13.6 Å². The molecule has 0 aliphatic heterocycles. The molecule has 1 heterocycles. The summed E-state index contributed by atoms with van der Waals surface area (Å²) >= 11 is 0. The molecule has 1 aromatic heterocycles. The van der Waals surface area contributed by atoms with Gasteiger partial charge in [-0.15, -0.1) is 24.0 Å². The first kappa shape index (κ1) is 23.2. The first-order chi connectivity index (χ1) is 14.6. The topological polar surface area (TPSA) is 54.2 Å². The van der Waals surface area contributed by atoms with Crippen molar-refractivity contribution in [3.63, 3.8) is 0 Å². The molecule has 1 aliphatic rings. The highest BCUT2D eigenvalue weighted by Gasteiger charge is 2.45. The monoisotopic (exact) mass is 533 g/mol. The van der Waals surface area contributed by atoms with Crippen LogP contribution in [0.5, 0.6) is 0 Å². The molecule has 0 unspecified atom stereocenters. The van der Waals surface area contributed by atoms with Gasteiger partial charge in [-0.3, -0.25) is 4.99 Å². The van der Waals surface area contributed by atoms with E-state index in [1.165, 1.54) is 11.1 Å². The average Bonchev–Trinajstić information content (AvgIpc) is 3.44. The minimum absolute atomic E-state index is 0. The number of halogens is 2. The minimum Gasteiger partial charge on any atom is -0.356 e. The number of aliphatic imine (C=N–C) groups is 1. The summed E-state index contributed by atoms with van der Waals surface area (Å²) in [4.78, 5) is 8.61. The molecule has 0 saturated heterocycles. The fourth-order valence-electron chi connectivity index (χ4n) is 3.85. The second-order valence-electron chi connectivity index (χ2n) is 7.96. The molecule has 0 bridgehead atoms. The average molecular weight is 533 g/mol. The summed E-state index contributed by atoms with van der Waals surface area (Å²) in [5.74, 6) is 1.62. The number of guanidine groups is 1. The summed E-state index contributed by atoms with van der Waals surface area (Å²) in [5.41, 5.74) is 3.10. The van der Waals surface area contributed by atoms with Crippen molar-refractivity contribution in [2.24, 2.45) is 4.99 Å². The molecule has 31 heavy (non-hydrogen) atoms. The highest BCUT2D eigenvalue weighted by molar-refractivity contribution is 14.0. The van der Waals surface area contributed by atoms with Crippen molar-refractivity contribution in [3.8, 4) is 0 Å². The number of rotatable bonds is 7. The second kappa shape index (κ2) is 10.3. The van der Waals surface area contributed by atoms with Gasteiger partial charge in [-0.1, -0.05) is 42.5 Å². The molecule has 164 valence electrons. The van der Waals surface area contributed by atoms with Crippen LogP contribution >= 0.6 is 24.0 Å². The lowest BCUT2D eigenvalue weighted by Crippen LogP contribution is -2.41. The van der Waals surface area contributed by atoms with Gasteiger partial charge in [0.2, 0.25) is 0 Å². The molecule has 1 saturated carbocycles. The van der Waals surface area contributed by atoms with Crippen molar-refractivity contribution in [3.05, 3.63) is 89.3 Å². The number of aryl methyl sites for hydroxylation is 1. The van der Waals surface area contributed by atoms with Crippen molar-refractivity contribution in [1.82, 2.24) is 20.2 Å². The van der Waals surface area contributed by atoms with Crippen molar-refractivity contribution in [1.29, 1.82) is 0 Å². The van der Waals surface area contributed by atoms with Crippen molar-refractivity contribution in [2.45, 2.75) is 38.3 Å². The van der Waals surface area contributed by atoms with Crippen molar-refractivity contribution < 1.29 is 4.39 Å². The van der Waals surface area contributed by atoms with Gasteiger partial charge in [0.1, 0.15) is 11.6 Å². The van der Waals surface area contributed by atoms with E-state index in [1.54, 1.807) is 19.2 Å². The Morgan fingerprint density at radius 2 is 1.90 bits per heavy atom. The summed E-state index contributed by atoms with van der Waals surface area (Å²) in [6.07, 6.45) is 5.81. The maximum absolute atomic E-state index is 14.2. The summed E-state index contributed by atoms with van der Waals surface area (Å²) in [6, 6.07) is 15.6. The second-order valence-corrected chi connectivity index (χ2v) is 7.96. The van der Waals surface area contributed by atoms with Gasteiger partial charge in [-0.2, -0.15) is 0 Å². The van der Waals surface area contributed by atoms with Crippen LogP contribution < -0.4 is 10.6 Å². The maximum Gasteiger partial charge on any atom is 0.191 e. The van der Waals surface area contributed by atoms with Crippen molar-refractivity contribution >= 4 is 29.9 Å². The van der Waals surface area contributed by atoms with Gasteiger partial charge >= 0.3 is 0 Å².